The summed E-state index contributed by atoms with van der Waals surface area (Å²) in [5.74, 6) is 1.44. The number of likely N-dealkylation sites (tertiary alicyclic amines) is 1. The number of rotatable bonds is 5. The SMILES string of the molecule is COc1ccccc1C1CCN(CCc2ccc(F)cc2)CC1. The van der Waals surface area contributed by atoms with Gasteiger partial charge in [0.05, 0.1) is 7.11 Å². The molecule has 0 aromatic heterocycles. The van der Waals surface area contributed by atoms with Gasteiger partial charge in [-0.05, 0) is 67.6 Å². The van der Waals surface area contributed by atoms with E-state index in [2.05, 4.69) is 23.1 Å². The van der Waals surface area contributed by atoms with Crippen LogP contribution in [0.3, 0.4) is 0 Å². The lowest BCUT2D eigenvalue weighted by molar-refractivity contribution is 0.213. The molecule has 0 radical (unpaired) electrons. The van der Waals surface area contributed by atoms with Gasteiger partial charge in [-0.15, -0.1) is 0 Å². The number of hydrogen-bond acceptors (Lipinski definition) is 2. The van der Waals surface area contributed by atoms with E-state index in [0.717, 1.165) is 31.8 Å². The van der Waals surface area contributed by atoms with Crippen LogP contribution in [0, 0.1) is 5.82 Å². The molecule has 2 aromatic carbocycles. The summed E-state index contributed by atoms with van der Waals surface area (Å²) in [5, 5.41) is 0. The van der Waals surface area contributed by atoms with Crippen molar-refractivity contribution in [3.63, 3.8) is 0 Å². The largest absolute Gasteiger partial charge is 0.496 e. The molecule has 2 aromatic rings. The molecule has 1 aliphatic rings. The fraction of sp³-hybridized carbons (Fsp3) is 0.400. The Balaban J connectivity index is 1.51. The van der Waals surface area contributed by atoms with Gasteiger partial charge < -0.3 is 9.64 Å². The van der Waals surface area contributed by atoms with Gasteiger partial charge in [0.1, 0.15) is 11.6 Å². The first-order valence-corrected chi connectivity index (χ1v) is 8.36. The van der Waals surface area contributed by atoms with Crippen LogP contribution in [0.1, 0.15) is 29.9 Å². The summed E-state index contributed by atoms with van der Waals surface area (Å²) in [4.78, 5) is 2.51. The van der Waals surface area contributed by atoms with E-state index >= 15 is 0 Å². The third-order valence-electron chi connectivity index (χ3n) is 4.80. The number of nitrogens with zero attached hydrogens (tertiary/aromatic N) is 1. The van der Waals surface area contributed by atoms with Gasteiger partial charge in [-0.2, -0.15) is 0 Å². The minimum absolute atomic E-state index is 0.161. The minimum atomic E-state index is -0.161. The minimum Gasteiger partial charge on any atom is -0.496 e. The monoisotopic (exact) mass is 313 g/mol. The lowest BCUT2D eigenvalue weighted by Gasteiger charge is -2.32. The highest BCUT2D eigenvalue weighted by atomic mass is 19.1. The topological polar surface area (TPSA) is 12.5 Å². The van der Waals surface area contributed by atoms with Crippen molar-refractivity contribution in [2.45, 2.75) is 25.2 Å². The van der Waals surface area contributed by atoms with Crippen LogP contribution >= 0.6 is 0 Å². The maximum atomic E-state index is 12.9. The molecule has 0 unspecified atom stereocenters. The van der Waals surface area contributed by atoms with Crippen LogP contribution < -0.4 is 4.74 Å². The lowest BCUT2D eigenvalue weighted by Crippen LogP contribution is -2.34. The number of benzene rings is 2. The van der Waals surface area contributed by atoms with Gasteiger partial charge >= 0.3 is 0 Å². The quantitative estimate of drug-likeness (QED) is 0.818. The Hall–Kier alpha value is -1.87. The third kappa shape index (κ3) is 4.11. The van der Waals surface area contributed by atoms with Crippen molar-refractivity contribution in [2.24, 2.45) is 0 Å². The highest BCUT2D eigenvalue weighted by Gasteiger charge is 2.22. The molecular formula is C20H24FNO. The summed E-state index contributed by atoms with van der Waals surface area (Å²) in [7, 11) is 1.75. The predicted octanol–water partition coefficient (Wildman–Crippen LogP) is 4.26. The molecular weight excluding hydrogens is 289 g/mol. The van der Waals surface area contributed by atoms with Crippen LogP contribution in [0.25, 0.3) is 0 Å². The molecule has 1 saturated heterocycles. The van der Waals surface area contributed by atoms with Crippen LogP contribution in [-0.4, -0.2) is 31.6 Å². The van der Waals surface area contributed by atoms with E-state index < -0.39 is 0 Å². The van der Waals surface area contributed by atoms with Gasteiger partial charge in [0.2, 0.25) is 0 Å². The number of hydrogen-bond donors (Lipinski definition) is 0. The highest BCUT2D eigenvalue weighted by Crippen LogP contribution is 2.33. The number of methoxy groups -OCH3 is 1. The summed E-state index contributed by atoms with van der Waals surface area (Å²) in [5.41, 5.74) is 2.55. The second-order valence-corrected chi connectivity index (χ2v) is 6.23. The molecule has 1 fully saturated rings. The van der Waals surface area contributed by atoms with Gasteiger partial charge in [0.15, 0.2) is 0 Å². The van der Waals surface area contributed by atoms with E-state index in [1.165, 1.54) is 24.0 Å². The van der Waals surface area contributed by atoms with Gasteiger partial charge in [-0.1, -0.05) is 30.3 Å². The molecule has 0 atom stereocenters. The molecule has 1 heterocycles. The van der Waals surface area contributed by atoms with Gasteiger partial charge in [-0.25, -0.2) is 4.39 Å². The molecule has 1 aliphatic heterocycles. The first kappa shape index (κ1) is 16.0. The number of para-hydroxylation sites is 1. The molecule has 0 spiro atoms. The normalized spacial score (nSPS) is 16.4. The lowest BCUT2D eigenvalue weighted by atomic mass is 9.88. The third-order valence-corrected chi connectivity index (χ3v) is 4.80. The van der Waals surface area contributed by atoms with Crippen LogP contribution in [0.4, 0.5) is 4.39 Å². The summed E-state index contributed by atoms with van der Waals surface area (Å²) in [6.07, 6.45) is 3.33. The van der Waals surface area contributed by atoms with Gasteiger partial charge in [0.25, 0.3) is 0 Å². The van der Waals surface area contributed by atoms with Crippen LogP contribution in [0.5, 0.6) is 5.75 Å². The molecule has 3 rings (SSSR count). The molecule has 122 valence electrons. The second kappa shape index (κ2) is 7.60. The number of halogens is 1. The average molecular weight is 313 g/mol. The molecule has 0 N–H and O–H groups in total. The molecule has 23 heavy (non-hydrogen) atoms. The molecule has 0 amide bonds. The fourth-order valence-corrected chi connectivity index (χ4v) is 3.41. The van der Waals surface area contributed by atoms with Crippen molar-refractivity contribution in [1.29, 1.82) is 0 Å². The Kier molecular flexibility index (Phi) is 5.29. The van der Waals surface area contributed by atoms with Crippen LogP contribution in [-0.2, 0) is 6.42 Å². The Morgan fingerprint density at radius 3 is 2.43 bits per heavy atom. The van der Waals surface area contributed by atoms with Crippen LogP contribution in [0.15, 0.2) is 48.5 Å². The zero-order valence-electron chi connectivity index (χ0n) is 13.7. The maximum absolute atomic E-state index is 12.9. The van der Waals surface area contributed by atoms with E-state index in [0.29, 0.717) is 5.92 Å². The fourth-order valence-electron chi connectivity index (χ4n) is 3.41. The van der Waals surface area contributed by atoms with Crippen molar-refractivity contribution in [3.05, 3.63) is 65.5 Å². The van der Waals surface area contributed by atoms with Crippen molar-refractivity contribution >= 4 is 0 Å². The van der Waals surface area contributed by atoms with Crippen molar-refractivity contribution in [1.82, 2.24) is 4.90 Å². The Bertz CT molecular complexity index is 618. The van der Waals surface area contributed by atoms with E-state index in [4.69, 9.17) is 4.74 Å². The molecule has 0 saturated carbocycles. The van der Waals surface area contributed by atoms with Gasteiger partial charge in [0, 0.05) is 6.54 Å². The van der Waals surface area contributed by atoms with Crippen molar-refractivity contribution < 1.29 is 9.13 Å². The van der Waals surface area contributed by atoms with Gasteiger partial charge in [-0.3, -0.25) is 0 Å². The first-order valence-electron chi connectivity index (χ1n) is 8.36. The number of ether oxygens (including phenoxy) is 1. The zero-order chi connectivity index (χ0) is 16.1. The van der Waals surface area contributed by atoms with E-state index in [1.54, 1.807) is 19.2 Å². The number of piperidine rings is 1. The average Bonchev–Trinajstić information content (AvgIpc) is 2.62. The highest BCUT2D eigenvalue weighted by molar-refractivity contribution is 5.36. The summed E-state index contributed by atoms with van der Waals surface area (Å²) >= 11 is 0. The summed E-state index contributed by atoms with van der Waals surface area (Å²) in [6.45, 7) is 3.28. The van der Waals surface area contributed by atoms with E-state index in [-0.39, 0.29) is 5.82 Å². The Morgan fingerprint density at radius 1 is 1.04 bits per heavy atom. The zero-order valence-corrected chi connectivity index (χ0v) is 13.7. The molecule has 0 bridgehead atoms. The second-order valence-electron chi connectivity index (χ2n) is 6.23. The van der Waals surface area contributed by atoms with E-state index in [9.17, 15) is 4.39 Å². The van der Waals surface area contributed by atoms with Crippen molar-refractivity contribution in [2.75, 3.05) is 26.7 Å². The van der Waals surface area contributed by atoms with E-state index in [1.807, 2.05) is 18.2 Å². The maximum Gasteiger partial charge on any atom is 0.123 e. The Labute approximate surface area is 137 Å². The summed E-state index contributed by atoms with van der Waals surface area (Å²) in [6, 6.07) is 15.2. The first-order chi connectivity index (χ1) is 11.3. The standard InChI is InChI=1S/C20H24FNO/c1-23-20-5-3-2-4-19(20)17-11-14-22(15-12-17)13-10-16-6-8-18(21)9-7-16/h2-9,17H,10-15H2,1H3. The smallest absolute Gasteiger partial charge is 0.123 e. The van der Waals surface area contributed by atoms with Crippen LogP contribution in [0.2, 0.25) is 0 Å². The molecule has 2 nitrogen and oxygen atoms in total. The molecule has 3 heteroatoms. The predicted molar refractivity (Wildman–Crippen MR) is 91.5 cm³/mol. The Morgan fingerprint density at radius 2 is 1.74 bits per heavy atom. The van der Waals surface area contributed by atoms with Crippen molar-refractivity contribution in [3.8, 4) is 5.75 Å². The summed E-state index contributed by atoms with van der Waals surface area (Å²) < 4.78 is 18.4. The molecule has 0 aliphatic carbocycles.